The molecule has 1 atom stereocenters. The minimum atomic E-state index is 0.510. The van der Waals surface area contributed by atoms with E-state index in [1.54, 1.807) is 0 Å². The van der Waals surface area contributed by atoms with Crippen LogP contribution in [0.2, 0.25) is 0 Å². The van der Waals surface area contributed by atoms with Gasteiger partial charge in [0.25, 0.3) is 0 Å². The fourth-order valence-electron chi connectivity index (χ4n) is 1.55. The van der Waals surface area contributed by atoms with Crippen molar-refractivity contribution in [2.75, 3.05) is 19.7 Å². The van der Waals surface area contributed by atoms with Gasteiger partial charge in [0.15, 0.2) is 0 Å². The Balaban J connectivity index is 2.00. The number of hydrogen-bond acceptors (Lipinski definition) is 2. The Bertz CT molecular complexity index is 123. The molecule has 1 N–H and O–H groups in total. The number of unbranched alkanes of at least 4 members (excludes halogenated alkanes) is 1. The summed E-state index contributed by atoms with van der Waals surface area (Å²) in [6.45, 7) is 7.61. The maximum atomic E-state index is 5.77. The maximum absolute atomic E-state index is 5.77. The summed E-state index contributed by atoms with van der Waals surface area (Å²) < 4.78 is 5.77. The quantitative estimate of drug-likeness (QED) is 0.656. The highest BCUT2D eigenvalue weighted by atomic mass is 16.5. The van der Waals surface area contributed by atoms with E-state index in [1.807, 2.05) is 0 Å². The minimum absolute atomic E-state index is 0.510. The van der Waals surface area contributed by atoms with Gasteiger partial charge in [0, 0.05) is 19.7 Å². The van der Waals surface area contributed by atoms with Crippen molar-refractivity contribution in [3.05, 3.63) is 0 Å². The van der Waals surface area contributed by atoms with E-state index in [4.69, 9.17) is 4.74 Å². The molecule has 2 nitrogen and oxygen atoms in total. The number of rotatable bonds is 7. The predicted molar refractivity (Wildman–Crippen MR) is 55.9 cm³/mol. The molecule has 0 saturated carbocycles. The smallest absolute Gasteiger partial charge is 0.0823 e. The van der Waals surface area contributed by atoms with Crippen molar-refractivity contribution in [3.8, 4) is 0 Å². The van der Waals surface area contributed by atoms with Crippen LogP contribution in [0.3, 0.4) is 0 Å². The Hall–Kier alpha value is -0.0800. The van der Waals surface area contributed by atoms with E-state index in [0.717, 1.165) is 25.6 Å². The zero-order valence-electron chi connectivity index (χ0n) is 9.01. The van der Waals surface area contributed by atoms with Gasteiger partial charge in [-0.15, -0.1) is 0 Å². The summed E-state index contributed by atoms with van der Waals surface area (Å²) in [6, 6.07) is 0. The summed E-state index contributed by atoms with van der Waals surface area (Å²) >= 11 is 0. The summed E-state index contributed by atoms with van der Waals surface area (Å²) in [5.41, 5.74) is 0. The van der Waals surface area contributed by atoms with Crippen LogP contribution in [0.4, 0.5) is 0 Å². The summed E-state index contributed by atoms with van der Waals surface area (Å²) in [4.78, 5) is 0. The van der Waals surface area contributed by atoms with Crippen molar-refractivity contribution in [1.82, 2.24) is 5.32 Å². The molecule has 0 spiro atoms. The van der Waals surface area contributed by atoms with Crippen LogP contribution in [0.1, 0.15) is 39.5 Å². The van der Waals surface area contributed by atoms with Crippen molar-refractivity contribution in [2.24, 2.45) is 5.92 Å². The topological polar surface area (TPSA) is 21.3 Å². The summed E-state index contributed by atoms with van der Waals surface area (Å²) in [6.07, 6.45) is 5.77. The first-order valence-corrected chi connectivity index (χ1v) is 5.69. The molecule has 1 aliphatic heterocycles. The average molecular weight is 185 g/mol. The highest BCUT2D eigenvalue weighted by Crippen LogP contribution is 2.14. The average Bonchev–Trinajstić information content (AvgIpc) is 2.08. The molecule has 2 heteroatoms. The lowest BCUT2D eigenvalue weighted by atomic mass is 10.0. The monoisotopic (exact) mass is 185 g/mol. The molecular formula is C11H23NO. The van der Waals surface area contributed by atoms with Crippen LogP contribution in [-0.2, 0) is 4.74 Å². The van der Waals surface area contributed by atoms with Crippen molar-refractivity contribution in [2.45, 2.75) is 45.6 Å². The summed E-state index contributed by atoms with van der Waals surface area (Å²) in [7, 11) is 0. The maximum Gasteiger partial charge on any atom is 0.0823 e. The van der Waals surface area contributed by atoms with Gasteiger partial charge in [-0.2, -0.15) is 0 Å². The largest absolute Gasteiger partial charge is 0.375 e. The van der Waals surface area contributed by atoms with Crippen LogP contribution in [0.15, 0.2) is 0 Å². The van der Waals surface area contributed by atoms with Crippen molar-refractivity contribution in [3.63, 3.8) is 0 Å². The lowest BCUT2D eigenvalue weighted by Crippen LogP contribution is -2.48. The first-order valence-electron chi connectivity index (χ1n) is 5.69. The molecule has 1 aliphatic rings. The number of ether oxygens (including phenoxy) is 1. The Morgan fingerprint density at radius 1 is 1.38 bits per heavy atom. The molecule has 0 aliphatic carbocycles. The molecule has 0 aromatic carbocycles. The highest BCUT2D eigenvalue weighted by Gasteiger charge is 2.18. The summed E-state index contributed by atoms with van der Waals surface area (Å²) in [5, 5.41) is 3.22. The number of hydrogen-bond donors (Lipinski definition) is 1. The number of nitrogens with one attached hydrogen (secondary N) is 1. The van der Waals surface area contributed by atoms with E-state index < -0.39 is 0 Å². The van der Waals surface area contributed by atoms with Crippen LogP contribution in [0.25, 0.3) is 0 Å². The molecule has 0 aromatic rings. The highest BCUT2D eigenvalue weighted by molar-refractivity contribution is 4.75. The summed E-state index contributed by atoms with van der Waals surface area (Å²) in [5.74, 6) is 0.792. The van der Waals surface area contributed by atoms with Gasteiger partial charge in [-0.25, -0.2) is 0 Å². The zero-order valence-corrected chi connectivity index (χ0v) is 9.01. The van der Waals surface area contributed by atoms with Gasteiger partial charge < -0.3 is 10.1 Å². The van der Waals surface area contributed by atoms with Gasteiger partial charge in [-0.1, -0.05) is 33.1 Å². The SMILES string of the molecule is CCCCC(CC)COC1CNC1. The Morgan fingerprint density at radius 3 is 2.62 bits per heavy atom. The zero-order chi connectivity index (χ0) is 9.52. The second kappa shape index (κ2) is 6.39. The van der Waals surface area contributed by atoms with Crippen LogP contribution in [0.5, 0.6) is 0 Å². The molecular weight excluding hydrogens is 162 g/mol. The Morgan fingerprint density at radius 2 is 2.15 bits per heavy atom. The molecule has 0 bridgehead atoms. The van der Waals surface area contributed by atoms with Crippen molar-refractivity contribution < 1.29 is 4.74 Å². The molecule has 13 heavy (non-hydrogen) atoms. The van der Waals surface area contributed by atoms with E-state index in [-0.39, 0.29) is 0 Å². The van der Waals surface area contributed by atoms with Crippen molar-refractivity contribution >= 4 is 0 Å². The molecule has 0 amide bonds. The van der Waals surface area contributed by atoms with E-state index in [0.29, 0.717) is 6.10 Å². The van der Waals surface area contributed by atoms with E-state index in [1.165, 1.54) is 25.7 Å². The molecule has 1 fully saturated rings. The first-order chi connectivity index (χ1) is 6.36. The first kappa shape index (κ1) is 11.0. The van der Waals surface area contributed by atoms with Crippen molar-refractivity contribution in [1.29, 1.82) is 0 Å². The van der Waals surface area contributed by atoms with E-state index in [2.05, 4.69) is 19.2 Å². The molecule has 1 rings (SSSR count). The van der Waals surface area contributed by atoms with Gasteiger partial charge >= 0.3 is 0 Å². The fourth-order valence-corrected chi connectivity index (χ4v) is 1.55. The third kappa shape index (κ3) is 4.10. The van der Waals surface area contributed by atoms with Crippen LogP contribution in [0, 0.1) is 5.92 Å². The van der Waals surface area contributed by atoms with Gasteiger partial charge in [0.05, 0.1) is 6.10 Å². The standard InChI is InChI=1S/C11H23NO/c1-3-5-6-10(4-2)9-13-11-7-12-8-11/h10-12H,3-9H2,1-2H3. The Kier molecular flexibility index (Phi) is 5.40. The van der Waals surface area contributed by atoms with Gasteiger partial charge in [0.1, 0.15) is 0 Å². The lowest BCUT2D eigenvalue weighted by molar-refractivity contribution is -0.00305. The molecule has 78 valence electrons. The van der Waals surface area contributed by atoms with Gasteiger partial charge in [0.2, 0.25) is 0 Å². The molecule has 1 heterocycles. The molecule has 1 unspecified atom stereocenters. The van der Waals surface area contributed by atoms with E-state index in [9.17, 15) is 0 Å². The predicted octanol–water partition coefficient (Wildman–Crippen LogP) is 2.19. The molecule has 0 aromatic heterocycles. The van der Waals surface area contributed by atoms with Crippen LogP contribution >= 0.6 is 0 Å². The molecule has 0 radical (unpaired) electrons. The molecule has 1 saturated heterocycles. The van der Waals surface area contributed by atoms with E-state index >= 15 is 0 Å². The lowest BCUT2D eigenvalue weighted by Gasteiger charge is -2.29. The minimum Gasteiger partial charge on any atom is -0.375 e. The second-order valence-electron chi connectivity index (χ2n) is 4.03. The third-order valence-corrected chi connectivity index (χ3v) is 2.85. The van der Waals surface area contributed by atoms with Crippen LogP contribution in [-0.4, -0.2) is 25.8 Å². The van der Waals surface area contributed by atoms with Gasteiger partial charge in [-0.05, 0) is 12.3 Å². The van der Waals surface area contributed by atoms with Gasteiger partial charge in [-0.3, -0.25) is 0 Å². The van der Waals surface area contributed by atoms with Crippen LogP contribution < -0.4 is 5.32 Å². The third-order valence-electron chi connectivity index (χ3n) is 2.85. The second-order valence-corrected chi connectivity index (χ2v) is 4.03. The Labute approximate surface area is 82.0 Å². The fraction of sp³-hybridized carbons (Fsp3) is 1.00. The normalized spacial score (nSPS) is 19.8.